The SMILES string of the molecule is COc1ccc(CN(C)C(=O)CCc2cc(S(=O)(=O)N3CCCC3)ccc2OC)cc1. The van der Waals surface area contributed by atoms with Gasteiger partial charge in [-0.05, 0) is 60.7 Å². The second-order valence-corrected chi connectivity index (χ2v) is 9.62. The summed E-state index contributed by atoms with van der Waals surface area (Å²) in [5.74, 6) is 1.34. The third-order valence-corrected chi connectivity index (χ3v) is 7.46. The number of ether oxygens (including phenoxy) is 2. The summed E-state index contributed by atoms with van der Waals surface area (Å²) in [5.41, 5.74) is 1.72. The molecule has 1 fully saturated rings. The molecule has 0 saturated carbocycles. The molecular formula is C23H30N2O5S. The summed E-state index contributed by atoms with van der Waals surface area (Å²) in [6.45, 7) is 1.60. The second-order valence-electron chi connectivity index (χ2n) is 7.68. The fraction of sp³-hybridized carbons (Fsp3) is 0.435. The van der Waals surface area contributed by atoms with Gasteiger partial charge in [-0.3, -0.25) is 4.79 Å². The number of benzene rings is 2. The summed E-state index contributed by atoms with van der Waals surface area (Å²) in [7, 11) is 1.41. The number of carbonyl (C=O) groups is 1. The lowest BCUT2D eigenvalue weighted by molar-refractivity contribution is -0.130. The van der Waals surface area contributed by atoms with E-state index in [1.54, 1.807) is 44.4 Å². The van der Waals surface area contributed by atoms with E-state index in [9.17, 15) is 13.2 Å². The maximum atomic E-state index is 12.9. The maximum Gasteiger partial charge on any atom is 0.243 e. The lowest BCUT2D eigenvalue weighted by atomic mass is 10.1. The van der Waals surface area contributed by atoms with Gasteiger partial charge in [-0.15, -0.1) is 0 Å². The predicted octanol–water partition coefficient (Wildman–Crippen LogP) is 3.08. The van der Waals surface area contributed by atoms with Crippen LogP contribution in [0, 0.1) is 0 Å². The monoisotopic (exact) mass is 446 g/mol. The van der Waals surface area contributed by atoms with Gasteiger partial charge in [-0.2, -0.15) is 4.31 Å². The van der Waals surface area contributed by atoms with E-state index < -0.39 is 10.0 Å². The molecule has 1 aliphatic rings. The summed E-state index contributed by atoms with van der Waals surface area (Å²) < 4.78 is 37.8. The van der Waals surface area contributed by atoms with Crippen molar-refractivity contribution in [3.63, 3.8) is 0 Å². The van der Waals surface area contributed by atoms with Crippen LogP contribution >= 0.6 is 0 Å². The van der Waals surface area contributed by atoms with Gasteiger partial charge in [-0.1, -0.05) is 12.1 Å². The van der Waals surface area contributed by atoms with E-state index in [1.807, 2.05) is 24.3 Å². The zero-order chi connectivity index (χ0) is 22.4. The van der Waals surface area contributed by atoms with Crippen LogP contribution in [0.2, 0.25) is 0 Å². The molecule has 0 aliphatic carbocycles. The van der Waals surface area contributed by atoms with Crippen molar-refractivity contribution in [2.75, 3.05) is 34.4 Å². The van der Waals surface area contributed by atoms with E-state index in [1.165, 1.54) is 4.31 Å². The molecule has 1 heterocycles. The Morgan fingerprint density at radius 3 is 2.32 bits per heavy atom. The smallest absolute Gasteiger partial charge is 0.243 e. The first-order valence-corrected chi connectivity index (χ1v) is 11.8. The summed E-state index contributed by atoms with van der Waals surface area (Å²) in [6, 6.07) is 12.5. The van der Waals surface area contributed by atoms with Crippen molar-refractivity contribution < 1.29 is 22.7 Å². The van der Waals surface area contributed by atoms with E-state index in [0.29, 0.717) is 37.4 Å². The van der Waals surface area contributed by atoms with Crippen LogP contribution in [0.3, 0.4) is 0 Å². The van der Waals surface area contributed by atoms with E-state index in [-0.39, 0.29) is 17.2 Å². The van der Waals surface area contributed by atoms with Crippen LogP contribution < -0.4 is 9.47 Å². The average Bonchev–Trinajstić information content (AvgIpc) is 3.33. The normalized spacial score (nSPS) is 14.4. The lowest BCUT2D eigenvalue weighted by Crippen LogP contribution is -2.28. The Labute approximate surface area is 184 Å². The molecule has 168 valence electrons. The molecular weight excluding hydrogens is 416 g/mol. The first-order chi connectivity index (χ1) is 14.8. The first-order valence-electron chi connectivity index (χ1n) is 10.4. The Morgan fingerprint density at radius 2 is 1.71 bits per heavy atom. The highest BCUT2D eigenvalue weighted by atomic mass is 32.2. The number of rotatable bonds is 9. The van der Waals surface area contributed by atoms with Crippen LogP contribution in [0.4, 0.5) is 0 Å². The molecule has 0 atom stereocenters. The van der Waals surface area contributed by atoms with Crippen molar-refractivity contribution in [1.82, 2.24) is 9.21 Å². The highest BCUT2D eigenvalue weighted by Gasteiger charge is 2.28. The lowest BCUT2D eigenvalue weighted by Gasteiger charge is -2.19. The number of hydrogen-bond acceptors (Lipinski definition) is 5. The molecule has 0 bridgehead atoms. The van der Waals surface area contributed by atoms with Crippen molar-refractivity contribution in [1.29, 1.82) is 0 Å². The quantitative estimate of drug-likeness (QED) is 0.592. The minimum Gasteiger partial charge on any atom is -0.497 e. The molecule has 1 amide bonds. The van der Waals surface area contributed by atoms with Gasteiger partial charge in [0, 0.05) is 33.1 Å². The van der Waals surface area contributed by atoms with Gasteiger partial charge in [-0.25, -0.2) is 8.42 Å². The molecule has 8 heteroatoms. The minimum absolute atomic E-state index is 0.0225. The van der Waals surface area contributed by atoms with Crippen LogP contribution in [0.15, 0.2) is 47.4 Å². The molecule has 2 aromatic carbocycles. The van der Waals surface area contributed by atoms with Gasteiger partial charge in [0.15, 0.2) is 0 Å². The van der Waals surface area contributed by atoms with E-state index in [4.69, 9.17) is 9.47 Å². The Hall–Kier alpha value is -2.58. The summed E-state index contributed by atoms with van der Waals surface area (Å²) >= 11 is 0. The molecule has 2 aromatic rings. The van der Waals surface area contributed by atoms with Crippen molar-refractivity contribution in [2.45, 2.75) is 37.1 Å². The van der Waals surface area contributed by atoms with Gasteiger partial charge >= 0.3 is 0 Å². The average molecular weight is 447 g/mol. The van der Waals surface area contributed by atoms with Gasteiger partial charge < -0.3 is 14.4 Å². The Morgan fingerprint density at radius 1 is 1.03 bits per heavy atom. The number of methoxy groups -OCH3 is 2. The van der Waals surface area contributed by atoms with E-state index in [2.05, 4.69) is 0 Å². The van der Waals surface area contributed by atoms with Crippen LogP contribution in [0.25, 0.3) is 0 Å². The van der Waals surface area contributed by atoms with Crippen molar-refractivity contribution in [3.8, 4) is 11.5 Å². The largest absolute Gasteiger partial charge is 0.497 e. The molecule has 1 aliphatic heterocycles. The topological polar surface area (TPSA) is 76.2 Å². The van der Waals surface area contributed by atoms with Gasteiger partial charge in [0.25, 0.3) is 0 Å². The molecule has 1 saturated heterocycles. The number of hydrogen-bond donors (Lipinski definition) is 0. The number of aryl methyl sites for hydroxylation is 1. The Kier molecular flexibility index (Phi) is 7.56. The van der Waals surface area contributed by atoms with Crippen molar-refractivity contribution >= 4 is 15.9 Å². The number of nitrogens with zero attached hydrogens (tertiary/aromatic N) is 2. The molecule has 0 spiro atoms. The van der Waals surface area contributed by atoms with Crippen molar-refractivity contribution in [3.05, 3.63) is 53.6 Å². The van der Waals surface area contributed by atoms with Gasteiger partial charge in [0.2, 0.25) is 15.9 Å². The molecule has 0 radical (unpaired) electrons. The van der Waals surface area contributed by atoms with Crippen LogP contribution in [-0.4, -0.2) is 57.9 Å². The minimum atomic E-state index is -3.52. The number of sulfonamides is 1. The standard InChI is InChI=1S/C23H30N2O5S/c1-24(17-18-6-9-20(29-2)10-7-18)23(26)13-8-19-16-21(11-12-22(19)30-3)31(27,28)25-14-4-5-15-25/h6-7,9-12,16H,4-5,8,13-15,17H2,1-3H3. The number of amides is 1. The Balaban J connectivity index is 1.67. The van der Waals surface area contributed by atoms with Gasteiger partial charge in [0.05, 0.1) is 19.1 Å². The third-order valence-electron chi connectivity index (χ3n) is 5.57. The maximum absolute atomic E-state index is 12.9. The molecule has 7 nitrogen and oxygen atoms in total. The zero-order valence-corrected chi connectivity index (χ0v) is 19.2. The molecule has 31 heavy (non-hydrogen) atoms. The first kappa shape index (κ1) is 23.1. The summed E-state index contributed by atoms with van der Waals surface area (Å²) in [6.07, 6.45) is 2.43. The highest BCUT2D eigenvalue weighted by Crippen LogP contribution is 2.27. The second kappa shape index (κ2) is 10.2. The zero-order valence-electron chi connectivity index (χ0n) is 18.3. The predicted molar refractivity (Wildman–Crippen MR) is 119 cm³/mol. The Bertz CT molecular complexity index is 999. The molecule has 0 aromatic heterocycles. The van der Waals surface area contributed by atoms with Crippen LogP contribution in [-0.2, 0) is 27.8 Å². The fourth-order valence-electron chi connectivity index (χ4n) is 3.71. The van der Waals surface area contributed by atoms with E-state index >= 15 is 0 Å². The molecule has 3 rings (SSSR count). The fourth-order valence-corrected chi connectivity index (χ4v) is 5.28. The van der Waals surface area contributed by atoms with Gasteiger partial charge in [0.1, 0.15) is 11.5 Å². The third kappa shape index (κ3) is 5.57. The van der Waals surface area contributed by atoms with E-state index in [0.717, 1.165) is 24.2 Å². The summed E-state index contributed by atoms with van der Waals surface area (Å²) in [5, 5.41) is 0. The van der Waals surface area contributed by atoms with Crippen LogP contribution in [0.5, 0.6) is 11.5 Å². The molecule has 0 N–H and O–H groups in total. The summed E-state index contributed by atoms with van der Waals surface area (Å²) in [4.78, 5) is 14.6. The highest BCUT2D eigenvalue weighted by molar-refractivity contribution is 7.89. The molecule has 0 unspecified atom stereocenters. The van der Waals surface area contributed by atoms with Crippen LogP contribution in [0.1, 0.15) is 30.4 Å². The van der Waals surface area contributed by atoms with Crippen molar-refractivity contribution in [2.24, 2.45) is 0 Å². The number of carbonyl (C=O) groups excluding carboxylic acids is 1.